The van der Waals surface area contributed by atoms with E-state index in [1.807, 2.05) is 11.7 Å². The zero-order chi connectivity index (χ0) is 14.4. The highest BCUT2D eigenvalue weighted by Gasteiger charge is 2.13. The van der Waals surface area contributed by atoms with Gasteiger partial charge in [-0.15, -0.1) is 0 Å². The Labute approximate surface area is 125 Å². The van der Waals surface area contributed by atoms with Crippen LogP contribution in [0.15, 0.2) is 35.7 Å². The van der Waals surface area contributed by atoms with E-state index in [2.05, 4.69) is 53.5 Å². The van der Waals surface area contributed by atoms with E-state index in [1.54, 1.807) is 18.1 Å². The van der Waals surface area contributed by atoms with Gasteiger partial charge in [-0.25, -0.2) is 9.67 Å². The lowest BCUT2D eigenvalue weighted by Crippen LogP contribution is -2.24. The van der Waals surface area contributed by atoms with Gasteiger partial charge in [0.25, 0.3) is 0 Å². The molecule has 0 aliphatic rings. The van der Waals surface area contributed by atoms with Crippen LogP contribution in [0.5, 0.6) is 0 Å². The summed E-state index contributed by atoms with van der Waals surface area (Å²) in [7, 11) is 1.93. The van der Waals surface area contributed by atoms with Gasteiger partial charge < -0.3 is 5.32 Å². The predicted molar refractivity (Wildman–Crippen MR) is 83.9 cm³/mol. The number of rotatable bonds is 7. The predicted octanol–water partition coefficient (Wildman–Crippen LogP) is 2.96. The molecular formula is C15H22N4S. The first-order valence-corrected chi connectivity index (χ1v) is 7.96. The molecule has 1 aromatic carbocycles. The molecule has 0 amide bonds. The number of nitrogens with zero attached hydrogens (tertiary/aromatic N) is 3. The molecule has 1 N–H and O–H groups in total. The van der Waals surface area contributed by atoms with Gasteiger partial charge >= 0.3 is 0 Å². The molecule has 0 spiro atoms. The average Bonchev–Trinajstić information content (AvgIpc) is 2.84. The molecule has 0 saturated heterocycles. The van der Waals surface area contributed by atoms with Crippen LogP contribution in [-0.2, 0) is 7.05 Å². The number of benzene rings is 1. The van der Waals surface area contributed by atoms with Crippen molar-refractivity contribution in [1.29, 1.82) is 0 Å². The van der Waals surface area contributed by atoms with Gasteiger partial charge in [-0.1, -0.05) is 48.5 Å². The normalized spacial score (nSPS) is 12.6. The third kappa shape index (κ3) is 4.08. The number of aromatic nitrogens is 3. The second-order valence-corrected chi connectivity index (χ2v) is 5.89. The fourth-order valence-electron chi connectivity index (χ4n) is 2.05. The summed E-state index contributed by atoms with van der Waals surface area (Å²) >= 11 is 1.74. The van der Waals surface area contributed by atoms with Crippen LogP contribution in [0.1, 0.15) is 30.5 Å². The maximum Gasteiger partial charge on any atom is 0.185 e. The summed E-state index contributed by atoms with van der Waals surface area (Å²) in [5, 5.41) is 8.68. The van der Waals surface area contributed by atoms with Crippen molar-refractivity contribution in [2.75, 3.05) is 12.3 Å². The summed E-state index contributed by atoms with van der Waals surface area (Å²) in [5.41, 5.74) is 2.64. The zero-order valence-corrected chi connectivity index (χ0v) is 13.2. The molecule has 0 fully saturated rings. The molecule has 1 unspecified atom stereocenters. The molecule has 108 valence electrons. The Morgan fingerprint density at radius 3 is 2.90 bits per heavy atom. The minimum atomic E-state index is 0.344. The van der Waals surface area contributed by atoms with Crippen LogP contribution in [0.2, 0.25) is 0 Å². The SMILES string of the molecule is CCCNC(CSc1ncnn1C)c1cccc(C)c1. The van der Waals surface area contributed by atoms with E-state index >= 15 is 0 Å². The Balaban J connectivity index is 2.05. The summed E-state index contributed by atoms with van der Waals surface area (Å²) in [5.74, 6) is 0.954. The molecule has 0 bridgehead atoms. The van der Waals surface area contributed by atoms with E-state index in [-0.39, 0.29) is 0 Å². The fraction of sp³-hybridized carbons (Fsp3) is 0.467. The molecule has 2 aromatic rings. The van der Waals surface area contributed by atoms with E-state index in [1.165, 1.54) is 11.1 Å². The molecule has 0 aliphatic heterocycles. The van der Waals surface area contributed by atoms with E-state index in [4.69, 9.17) is 0 Å². The van der Waals surface area contributed by atoms with Crippen LogP contribution in [0.4, 0.5) is 0 Å². The van der Waals surface area contributed by atoms with Crippen molar-refractivity contribution < 1.29 is 0 Å². The Bertz CT molecular complexity index is 538. The van der Waals surface area contributed by atoms with E-state index in [0.717, 1.165) is 23.9 Å². The topological polar surface area (TPSA) is 42.7 Å². The summed E-state index contributed by atoms with van der Waals surface area (Å²) in [6.07, 6.45) is 2.74. The van der Waals surface area contributed by atoms with Gasteiger partial charge in [-0.3, -0.25) is 0 Å². The molecule has 1 atom stereocenters. The smallest absolute Gasteiger partial charge is 0.185 e. The summed E-state index contributed by atoms with van der Waals surface area (Å²) in [4.78, 5) is 4.27. The number of aryl methyl sites for hydroxylation is 2. The van der Waals surface area contributed by atoms with E-state index in [9.17, 15) is 0 Å². The number of nitrogens with one attached hydrogen (secondary N) is 1. The molecule has 4 nitrogen and oxygen atoms in total. The largest absolute Gasteiger partial charge is 0.309 e. The monoisotopic (exact) mass is 290 g/mol. The van der Waals surface area contributed by atoms with Crippen molar-refractivity contribution in [2.45, 2.75) is 31.5 Å². The Kier molecular flexibility index (Phi) is 5.61. The highest BCUT2D eigenvalue weighted by Crippen LogP contribution is 2.23. The van der Waals surface area contributed by atoms with E-state index in [0.29, 0.717) is 6.04 Å². The Morgan fingerprint density at radius 2 is 2.25 bits per heavy atom. The second-order valence-electron chi connectivity index (χ2n) is 4.90. The number of hydrogen-bond donors (Lipinski definition) is 1. The van der Waals surface area contributed by atoms with Crippen LogP contribution in [0.3, 0.4) is 0 Å². The van der Waals surface area contributed by atoms with Crippen molar-refractivity contribution >= 4 is 11.8 Å². The highest BCUT2D eigenvalue weighted by molar-refractivity contribution is 7.99. The van der Waals surface area contributed by atoms with Crippen LogP contribution in [0, 0.1) is 6.92 Å². The molecule has 0 aliphatic carbocycles. The highest BCUT2D eigenvalue weighted by atomic mass is 32.2. The van der Waals surface area contributed by atoms with Crippen LogP contribution in [-0.4, -0.2) is 27.1 Å². The minimum Gasteiger partial charge on any atom is -0.309 e. The van der Waals surface area contributed by atoms with Gasteiger partial charge in [0.1, 0.15) is 6.33 Å². The Morgan fingerprint density at radius 1 is 1.40 bits per heavy atom. The lowest BCUT2D eigenvalue weighted by Gasteiger charge is -2.19. The molecule has 1 heterocycles. The molecule has 1 aromatic heterocycles. The maximum absolute atomic E-state index is 4.27. The van der Waals surface area contributed by atoms with E-state index < -0.39 is 0 Å². The van der Waals surface area contributed by atoms with Crippen LogP contribution in [0.25, 0.3) is 0 Å². The van der Waals surface area contributed by atoms with Gasteiger partial charge in [-0.2, -0.15) is 5.10 Å². The summed E-state index contributed by atoms with van der Waals surface area (Å²) in [6.45, 7) is 5.35. The van der Waals surface area contributed by atoms with Crippen molar-refractivity contribution in [3.8, 4) is 0 Å². The minimum absolute atomic E-state index is 0.344. The lowest BCUT2D eigenvalue weighted by molar-refractivity contribution is 0.575. The Hall–Kier alpha value is -1.33. The molecule has 20 heavy (non-hydrogen) atoms. The first kappa shape index (κ1) is 15.1. The van der Waals surface area contributed by atoms with Gasteiger partial charge in [-0.05, 0) is 25.5 Å². The van der Waals surface area contributed by atoms with Crippen molar-refractivity contribution in [1.82, 2.24) is 20.1 Å². The maximum atomic E-state index is 4.27. The molecule has 5 heteroatoms. The second kappa shape index (κ2) is 7.45. The average molecular weight is 290 g/mol. The first-order chi connectivity index (χ1) is 9.70. The molecular weight excluding hydrogens is 268 g/mol. The van der Waals surface area contributed by atoms with Crippen molar-refractivity contribution in [2.24, 2.45) is 7.05 Å². The number of thioether (sulfide) groups is 1. The zero-order valence-electron chi connectivity index (χ0n) is 12.3. The summed E-state index contributed by atoms with van der Waals surface area (Å²) in [6, 6.07) is 9.05. The quantitative estimate of drug-likeness (QED) is 0.796. The van der Waals surface area contributed by atoms with Crippen molar-refractivity contribution in [3.63, 3.8) is 0 Å². The van der Waals surface area contributed by atoms with Gasteiger partial charge in [0, 0.05) is 18.8 Å². The van der Waals surface area contributed by atoms with Gasteiger partial charge in [0.05, 0.1) is 0 Å². The third-order valence-corrected chi connectivity index (χ3v) is 4.26. The van der Waals surface area contributed by atoms with Gasteiger partial charge in [0.15, 0.2) is 5.16 Å². The first-order valence-electron chi connectivity index (χ1n) is 6.97. The van der Waals surface area contributed by atoms with Gasteiger partial charge in [0.2, 0.25) is 0 Å². The standard InChI is InChI=1S/C15H22N4S/c1-4-8-16-14(13-7-5-6-12(2)9-13)10-20-15-17-11-18-19(15)3/h5-7,9,11,14,16H,4,8,10H2,1-3H3. The molecule has 0 radical (unpaired) electrons. The number of hydrogen-bond acceptors (Lipinski definition) is 4. The fourth-order valence-corrected chi connectivity index (χ4v) is 3.03. The lowest BCUT2D eigenvalue weighted by atomic mass is 10.1. The summed E-state index contributed by atoms with van der Waals surface area (Å²) < 4.78 is 1.82. The third-order valence-electron chi connectivity index (χ3n) is 3.13. The molecule has 0 saturated carbocycles. The van der Waals surface area contributed by atoms with Crippen LogP contribution >= 0.6 is 11.8 Å². The van der Waals surface area contributed by atoms with Crippen molar-refractivity contribution in [3.05, 3.63) is 41.7 Å². The molecule has 2 rings (SSSR count). The van der Waals surface area contributed by atoms with Crippen LogP contribution < -0.4 is 5.32 Å².